The van der Waals surface area contributed by atoms with Crippen molar-refractivity contribution in [3.05, 3.63) is 53.9 Å². The first-order valence-electron chi connectivity index (χ1n) is 6.28. The van der Waals surface area contributed by atoms with Crippen LogP contribution in [-0.2, 0) is 6.54 Å². The fourth-order valence-electron chi connectivity index (χ4n) is 1.91. The van der Waals surface area contributed by atoms with Gasteiger partial charge in [-0.2, -0.15) is 4.57 Å². The summed E-state index contributed by atoms with van der Waals surface area (Å²) in [6.45, 7) is 3.04. The highest BCUT2D eigenvalue weighted by Gasteiger charge is 2.04. The van der Waals surface area contributed by atoms with Gasteiger partial charge in [0.1, 0.15) is 6.54 Å². The number of nitrogens with zero attached hydrogens (tertiary/aromatic N) is 1. The fourth-order valence-corrected chi connectivity index (χ4v) is 1.91. The molecule has 0 amide bonds. The van der Waals surface area contributed by atoms with Gasteiger partial charge in [0.05, 0.1) is 7.11 Å². The molecule has 19 heavy (non-hydrogen) atoms. The van der Waals surface area contributed by atoms with E-state index in [0.717, 1.165) is 17.8 Å². The molecule has 2 rings (SSSR count). The maximum Gasteiger partial charge on any atom is 0.205 e. The van der Waals surface area contributed by atoms with Gasteiger partial charge in [-0.3, -0.25) is 0 Å². The summed E-state index contributed by atoms with van der Waals surface area (Å²) in [6.07, 6.45) is 6.11. The van der Waals surface area contributed by atoms with Crippen molar-refractivity contribution in [3.8, 4) is 11.5 Å². The molecule has 0 bridgehead atoms. The number of ether oxygens (including phenoxy) is 1. The Hall–Kier alpha value is -2.29. The number of aryl methyl sites for hydroxylation is 1. The van der Waals surface area contributed by atoms with E-state index in [1.807, 2.05) is 30.3 Å². The predicted octanol–water partition coefficient (Wildman–Crippen LogP) is 2.88. The number of hydrogen-bond donors (Lipinski definition) is 1. The van der Waals surface area contributed by atoms with Crippen LogP contribution in [0, 0.1) is 0 Å². The van der Waals surface area contributed by atoms with E-state index in [-0.39, 0.29) is 5.75 Å². The lowest BCUT2D eigenvalue weighted by molar-refractivity contribution is -0.695. The third kappa shape index (κ3) is 3.13. The van der Waals surface area contributed by atoms with E-state index in [1.165, 1.54) is 0 Å². The van der Waals surface area contributed by atoms with Crippen LogP contribution < -0.4 is 9.30 Å². The Kier molecular flexibility index (Phi) is 4.18. The van der Waals surface area contributed by atoms with Crippen LogP contribution in [-0.4, -0.2) is 12.2 Å². The zero-order valence-corrected chi connectivity index (χ0v) is 11.2. The number of aromatic nitrogens is 1. The molecule has 1 aromatic carbocycles. The number of hydrogen-bond acceptors (Lipinski definition) is 2. The standard InChI is InChI=1S/C16H17NO2/c1-3-17-11-5-4-6-14(17)9-7-13-8-10-15(18)16(12-13)19-2/h4-12H,3H2,1-2H3/p+1. The van der Waals surface area contributed by atoms with E-state index in [0.29, 0.717) is 5.75 Å². The highest BCUT2D eigenvalue weighted by atomic mass is 16.5. The van der Waals surface area contributed by atoms with Crippen LogP contribution in [0.1, 0.15) is 18.2 Å². The number of phenolic OH excluding ortho intramolecular Hbond substituents is 1. The third-order valence-corrected chi connectivity index (χ3v) is 2.97. The largest absolute Gasteiger partial charge is 0.504 e. The van der Waals surface area contributed by atoms with E-state index in [1.54, 1.807) is 13.2 Å². The minimum Gasteiger partial charge on any atom is -0.504 e. The monoisotopic (exact) mass is 256 g/mol. The molecule has 0 spiro atoms. The average Bonchev–Trinajstić information content (AvgIpc) is 2.46. The van der Waals surface area contributed by atoms with E-state index >= 15 is 0 Å². The summed E-state index contributed by atoms with van der Waals surface area (Å²) in [6, 6.07) is 11.4. The summed E-state index contributed by atoms with van der Waals surface area (Å²) in [7, 11) is 1.55. The molecule has 2 aromatic rings. The molecule has 1 aromatic heterocycles. The molecule has 0 aliphatic carbocycles. The minimum absolute atomic E-state index is 0.156. The van der Waals surface area contributed by atoms with Crippen LogP contribution in [0.15, 0.2) is 42.6 Å². The maximum atomic E-state index is 9.55. The lowest BCUT2D eigenvalue weighted by atomic mass is 10.1. The van der Waals surface area contributed by atoms with Crippen molar-refractivity contribution in [1.29, 1.82) is 0 Å². The maximum absolute atomic E-state index is 9.55. The molecule has 0 saturated heterocycles. The number of rotatable bonds is 4. The zero-order chi connectivity index (χ0) is 13.7. The van der Waals surface area contributed by atoms with E-state index in [9.17, 15) is 5.11 Å². The molecule has 0 atom stereocenters. The summed E-state index contributed by atoms with van der Waals surface area (Å²) < 4.78 is 7.25. The van der Waals surface area contributed by atoms with E-state index in [4.69, 9.17) is 4.74 Å². The lowest BCUT2D eigenvalue weighted by Gasteiger charge is -2.03. The van der Waals surface area contributed by atoms with E-state index in [2.05, 4.69) is 29.8 Å². The topological polar surface area (TPSA) is 33.3 Å². The van der Waals surface area contributed by atoms with Crippen LogP contribution in [0.2, 0.25) is 0 Å². The van der Waals surface area contributed by atoms with Crippen LogP contribution in [0.3, 0.4) is 0 Å². The molecular formula is C16H18NO2+. The first-order valence-corrected chi connectivity index (χ1v) is 6.28. The highest BCUT2D eigenvalue weighted by molar-refractivity contribution is 5.68. The number of methoxy groups -OCH3 is 1. The van der Waals surface area contributed by atoms with Crippen LogP contribution >= 0.6 is 0 Å². The average molecular weight is 256 g/mol. The predicted molar refractivity (Wildman–Crippen MR) is 75.9 cm³/mol. The first kappa shape index (κ1) is 13.1. The minimum atomic E-state index is 0.156. The van der Waals surface area contributed by atoms with Crippen molar-refractivity contribution in [1.82, 2.24) is 0 Å². The molecule has 98 valence electrons. The Morgan fingerprint density at radius 3 is 2.79 bits per heavy atom. The Labute approximate surface area is 113 Å². The Morgan fingerprint density at radius 1 is 1.21 bits per heavy atom. The molecule has 3 heteroatoms. The summed E-state index contributed by atoms with van der Waals surface area (Å²) >= 11 is 0. The lowest BCUT2D eigenvalue weighted by Crippen LogP contribution is -2.34. The van der Waals surface area contributed by atoms with Gasteiger partial charge >= 0.3 is 0 Å². The molecule has 0 aliphatic heterocycles. The number of aromatic hydroxyl groups is 1. The van der Waals surface area contributed by atoms with Crippen molar-refractivity contribution in [3.63, 3.8) is 0 Å². The Morgan fingerprint density at radius 2 is 2.05 bits per heavy atom. The summed E-state index contributed by atoms with van der Waals surface area (Å²) in [4.78, 5) is 0. The molecule has 0 fully saturated rings. The summed E-state index contributed by atoms with van der Waals surface area (Å²) in [5, 5.41) is 9.55. The molecular weight excluding hydrogens is 238 g/mol. The second-order valence-electron chi connectivity index (χ2n) is 4.18. The van der Waals surface area contributed by atoms with Crippen LogP contribution in [0.5, 0.6) is 11.5 Å². The first-order chi connectivity index (χ1) is 9.24. The van der Waals surface area contributed by atoms with Gasteiger partial charge in [0.2, 0.25) is 5.69 Å². The zero-order valence-electron chi connectivity index (χ0n) is 11.2. The molecule has 0 unspecified atom stereocenters. The van der Waals surface area contributed by atoms with Crippen molar-refractivity contribution in [2.45, 2.75) is 13.5 Å². The Bertz CT molecular complexity index is 591. The van der Waals surface area contributed by atoms with Gasteiger partial charge in [0.15, 0.2) is 17.7 Å². The second-order valence-corrected chi connectivity index (χ2v) is 4.18. The van der Waals surface area contributed by atoms with Crippen LogP contribution in [0.25, 0.3) is 12.2 Å². The normalized spacial score (nSPS) is 10.8. The summed E-state index contributed by atoms with van der Waals surface area (Å²) in [5.74, 6) is 0.640. The van der Waals surface area contributed by atoms with Gasteiger partial charge < -0.3 is 9.84 Å². The van der Waals surface area contributed by atoms with Gasteiger partial charge in [-0.05, 0) is 36.8 Å². The van der Waals surface area contributed by atoms with Crippen LogP contribution in [0.4, 0.5) is 0 Å². The SMILES string of the molecule is CC[n+]1ccccc1/C=C/c1ccc(O)c(OC)c1. The van der Waals surface area contributed by atoms with Crippen molar-refractivity contribution < 1.29 is 14.4 Å². The second kappa shape index (κ2) is 6.05. The van der Waals surface area contributed by atoms with Crippen molar-refractivity contribution >= 4 is 12.2 Å². The van der Waals surface area contributed by atoms with Gasteiger partial charge in [-0.15, -0.1) is 0 Å². The number of pyridine rings is 1. The molecule has 3 nitrogen and oxygen atoms in total. The Balaban J connectivity index is 2.27. The van der Waals surface area contributed by atoms with Gasteiger partial charge in [-0.1, -0.05) is 6.07 Å². The quantitative estimate of drug-likeness (QED) is 0.853. The van der Waals surface area contributed by atoms with E-state index < -0.39 is 0 Å². The molecule has 0 aliphatic rings. The van der Waals surface area contributed by atoms with Gasteiger partial charge in [0.25, 0.3) is 0 Å². The highest BCUT2D eigenvalue weighted by Crippen LogP contribution is 2.26. The molecule has 1 N–H and O–H groups in total. The fraction of sp³-hybridized carbons (Fsp3) is 0.188. The third-order valence-electron chi connectivity index (χ3n) is 2.97. The molecule has 0 radical (unpaired) electrons. The summed E-state index contributed by atoms with van der Waals surface area (Å²) in [5.41, 5.74) is 2.12. The van der Waals surface area contributed by atoms with Crippen molar-refractivity contribution in [2.75, 3.05) is 7.11 Å². The van der Waals surface area contributed by atoms with Gasteiger partial charge in [0, 0.05) is 18.2 Å². The molecule has 0 saturated carbocycles. The number of phenols is 1. The van der Waals surface area contributed by atoms with Crippen molar-refractivity contribution in [2.24, 2.45) is 0 Å². The van der Waals surface area contributed by atoms with Gasteiger partial charge in [-0.25, -0.2) is 0 Å². The smallest absolute Gasteiger partial charge is 0.205 e. The number of benzene rings is 1. The molecule has 1 heterocycles.